The lowest BCUT2D eigenvalue weighted by molar-refractivity contribution is -0.133. The van der Waals surface area contributed by atoms with Gasteiger partial charge in [-0.25, -0.2) is 4.79 Å². The van der Waals surface area contributed by atoms with Crippen molar-refractivity contribution in [3.05, 3.63) is 35.9 Å². The number of imide groups is 1. The van der Waals surface area contributed by atoms with Gasteiger partial charge in [0.1, 0.15) is 6.54 Å². The maximum Gasteiger partial charge on any atom is 0.326 e. The third kappa shape index (κ3) is 3.27. The molecule has 0 aliphatic carbocycles. The van der Waals surface area contributed by atoms with E-state index in [1.807, 2.05) is 23.1 Å². The summed E-state index contributed by atoms with van der Waals surface area (Å²) in [4.78, 5) is 40.7. The van der Waals surface area contributed by atoms with Gasteiger partial charge in [0.2, 0.25) is 11.8 Å². The Morgan fingerprint density at radius 3 is 2.62 bits per heavy atom. The van der Waals surface area contributed by atoms with Crippen LogP contribution in [-0.4, -0.2) is 59.2 Å². The zero-order valence-corrected chi connectivity index (χ0v) is 14.0. The van der Waals surface area contributed by atoms with Crippen LogP contribution >= 0.6 is 0 Å². The molecule has 3 rings (SSSR count). The van der Waals surface area contributed by atoms with Crippen molar-refractivity contribution in [2.75, 3.05) is 26.7 Å². The van der Waals surface area contributed by atoms with Crippen molar-refractivity contribution >= 4 is 17.8 Å². The van der Waals surface area contributed by atoms with Gasteiger partial charge >= 0.3 is 6.03 Å². The lowest BCUT2D eigenvalue weighted by Gasteiger charge is -2.25. The van der Waals surface area contributed by atoms with Gasteiger partial charge in [0.15, 0.2) is 0 Å². The number of benzene rings is 1. The van der Waals surface area contributed by atoms with Gasteiger partial charge in [-0.1, -0.05) is 30.3 Å². The van der Waals surface area contributed by atoms with Gasteiger partial charge in [0.25, 0.3) is 0 Å². The van der Waals surface area contributed by atoms with Crippen LogP contribution in [0.15, 0.2) is 30.3 Å². The van der Waals surface area contributed by atoms with Crippen molar-refractivity contribution in [3.8, 4) is 0 Å². The van der Waals surface area contributed by atoms with E-state index >= 15 is 0 Å². The predicted octanol–water partition coefficient (Wildman–Crippen LogP) is 2.02. The van der Waals surface area contributed by atoms with Crippen LogP contribution in [0.25, 0.3) is 0 Å². The van der Waals surface area contributed by atoms with Gasteiger partial charge in [0, 0.05) is 26.6 Å². The molecule has 1 aromatic carbocycles. The highest BCUT2D eigenvalue weighted by molar-refractivity contribution is 6.01. The molecular formula is C18H23N3O3. The molecule has 1 aromatic rings. The highest BCUT2D eigenvalue weighted by Crippen LogP contribution is 2.32. The van der Waals surface area contributed by atoms with Crippen LogP contribution in [0.1, 0.15) is 37.3 Å². The Balaban J connectivity index is 1.53. The summed E-state index contributed by atoms with van der Waals surface area (Å²) in [5.41, 5.74) is 1.18. The first kappa shape index (κ1) is 16.5. The van der Waals surface area contributed by atoms with Crippen molar-refractivity contribution in [2.24, 2.45) is 0 Å². The molecule has 0 N–H and O–H groups in total. The molecule has 2 aliphatic heterocycles. The maximum atomic E-state index is 12.6. The molecule has 0 spiro atoms. The summed E-state index contributed by atoms with van der Waals surface area (Å²) in [7, 11) is 1.61. The molecule has 0 aromatic heterocycles. The van der Waals surface area contributed by atoms with E-state index in [1.54, 1.807) is 7.05 Å². The largest absolute Gasteiger partial charge is 0.336 e. The van der Waals surface area contributed by atoms with E-state index in [0.717, 1.165) is 19.4 Å². The summed E-state index contributed by atoms with van der Waals surface area (Å²) in [6.45, 7) is 1.23. The average molecular weight is 329 g/mol. The second-order valence-corrected chi connectivity index (χ2v) is 6.44. The molecule has 2 aliphatic rings. The Bertz CT molecular complexity index is 632. The Morgan fingerprint density at radius 2 is 1.96 bits per heavy atom. The SMILES string of the molecule is CN1CC(=O)N(CCCC(=O)N2CCC[C@H]2c2ccccc2)C1=O. The number of likely N-dealkylation sites (N-methyl/N-ethyl adjacent to an activating group) is 1. The molecular weight excluding hydrogens is 306 g/mol. The third-order valence-electron chi connectivity index (χ3n) is 4.76. The monoisotopic (exact) mass is 329 g/mol. The van der Waals surface area contributed by atoms with Crippen molar-refractivity contribution in [2.45, 2.75) is 31.7 Å². The quantitative estimate of drug-likeness (QED) is 0.777. The number of rotatable bonds is 5. The number of carbonyl (C=O) groups is 3. The van der Waals surface area contributed by atoms with Gasteiger partial charge in [-0.15, -0.1) is 0 Å². The number of urea groups is 1. The first-order valence-corrected chi connectivity index (χ1v) is 8.48. The van der Waals surface area contributed by atoms with Crippen LogP contribution in [0, 0.1) is 0 Å². The number of hydrogen-bond donors (Lipinski definition) is 0. The topological polar surface area (TPSA) is 60.9 Å². The van der Waals surface area contributed by atoms with Gasteiger partial charge in [-0.05, 0) is 24.8 Å². The summed E-state index contributed by atoms with van der Waals surface area (Å²) in [5, 5.41) is 0. The molecule has 0 saturated carbocycles. The normalized spacial score (nSPS) is 21.0. The Kier molecular flexibility index (Phi) is 4.83. The van der Waals surface area contributed by atoms with Crippen LogP contribution in [0.3, 0.4) is 0 Å². The summed E-state index contributed by atoms with van der Waals surface area (Å²) in [6.07, 6.45) is 2.88. The van der Waals surface area contributed by atoms with Crippen LogP contribution in [0.4, 0.5) is 4.79 Å². The smallest absolute Gasteiger partial charge is 0.326 e. The third-order valence-corrected chi connectivity index (χ3v) is 4.76. The molecule has 0 unspecified atom stereocenters. The van der Waals surface area contributed by atoms with Crippen LogP contribution in [-0.2, 0) is 9.59 Å². The summed E-state index contributed by atoms with van der Waals surface area (Å²) >= 11 is 0. The number of hydrogen-bond acceptors (Lipinski definition) is 3. The zero-order chi connectivity index (χ0) is 17.1. The van der Waals surface area contributed by atoms with E-state index in [4.69, 9.17) is 0 Å². The van der Waals surface area contributed by atoms with E-state index < -0.39 is 0 Å². The van der Waals surface area contributed by atoms with Gasteiger partial charge in [0.05, 0.1) is 6.04 Å². The number of amides is 4. The summed E-state index contributed by atoms with van der Waals surface area (Å²) in [6, 6.07) is 9.98. The van der Waals surface area contributed by atoms with Crippen LogP contribution in [0.2, 0.25) is 0 Å². The molecule has 2 heterocycles. The highest BCUT2D eigenvalue weighted by Gasteiger charge is 2.34. The second-order valence-electron chi connectivity index (χ2n) is 6.44. The van der Waals surface area contributed by atoms with E-state index in [9.17, 15) is 14.4 Å². The Morgan fingerprint density at radius 1 is 1.21 bits per heavy atom. The Hall–Kier alpha value is -2.37. The molecule has 1 atom stereocenters. The molecule has 2 fully saturated rings. The Labute approximate surface area is 142 Å². The summed E-state index contributed by atoms with van der Waals surface area (Å²) < 4.78 is 0. The van der Waals surface area contributed by atoms with E-state index in [0.29, 0.717) is 19.4 Å². The van der Waals surface area contributed by atoms with Crippen molar-refractivity contribution in [3.63, 3.8) is 0 Å². The number of nitrogens with zero attached hydrogens (tertiary/aromatic N) is 3. The molecule has 24 heavy (non-hydrogen) atoms. The van der Waals surface area contributed by atoms with Crippen LogP contribution < -0.4 is 0 Å². The fraction of sp³-hybridized carbons (Fsp3) is 0.500. The number of likely N-dealkylation sites (tertiary alicyclic amines) is 1. The lowest BCUT2D eigenvalue weighted by atomic mass is 10.0. The molecule has 0 radical (unpaired) electrons. The maximum absolute atomic E-state index is 12.6. The van der Waals surface area contributed by atoms with Gasteiger partial charge in [-0.3, -0.25) is 14.5 Å². The minimum Gasteiger partial charge on any atom is -0.336 e. The van der Waals surface area contributed by atoms with Crippen molar-refractivity contribution < 1.29 is 14.4 Å². The zero-order valence-electron chi connectivity index (χ0n) is 14.0. The number of carbonyl (C=O) groups excluding carboxylic acids is 3. The van der Waals surface area contributed by atoms with E-state index in [-0.39, 0.29) is 30.4 Å². The first-order chi connectivity index (χ1) is 11.6. The van der Waals surface area contributed by atoms with E-state index in [1.165, 1.54) is 15.4 Å². The van der Waals surface area contributed by atoms with Gasteiger partial charge in [-0.2, -0.15) is 0 Å². The average Bonchev–Trinajstić information content (AvgIpc) is 3.16. The first-order valence-electron chi connectivity index (χ1n) is 8.48. The van der Waals surface area contributed by atoms with Crippen molar-refractivity contribution in [1.29, 1.82) is 0 Å². The fourth-order valence-electron chi connectivity index (χ4n) is 3.51. The van der Waals surface area contributed by atoms with Crippen molar-refractivity contribution in [1.82, 2.24) is 14.7 Å². The molecule has 6 nitrogen and oxygen atoms in total. The minimum atomic E-state index is -0.268. The predicted molar refractivity (Wildman–Crippen MR) is 89.1 cm³/mol. The molecule has 0 bridgehead atoms. The standard InChI is InChI=1S/C18H23N3O3/c1-19-13-17(23)21(18(19)24)12-6-10-16(22)20-11-5-9-15(20)14-7-3-2-4-8-14/h2-4,7-8,15H,5-6,9-13H2,1H3/t15-/m0/s1. The minimum absolute atomic E-state index is 0.105. The molecule has 4 amide bonds. The van der Waals surface area contributed by atoms with Crippen LogP contribution in [0.5, 0.6) is 0 Å². The lowest BCUT2D eigenvalue weighted by Crippen LogP contribution is -2.34. The van der Waals surface area contributed by atoms with Gasteiger partial charge < -0.3 is 9.80 Å². The highest BCUT2D eigenvalue weighted by atomic mass is 16.2. The second kappa shape index (κ2) is 7.03. The molecule has 6 heteroatoms. The van der Waals surface area contributed by atoms with E-state index in [2.05, 4.69) is 12.1 Å². The fourth-order valence-corrected chi connectivity index (χ4v) is 3.51. The molecule has 128 valence electrons. The summed E-state index contributed by atoms with van der Waals surface area (Å²) in [5.74, 6) is -0.0768. The molecule has 2 saturated heterocycles.